The van der Waals surface area contributed by atoms with Gasteiger partial charge in [-0.15, -0.1) is 0 Å². The van der Waals surface area contributed by atoms with Crippen molar-refractivity contribution < 1.29 is 35.9 Å². The van der Waals surface area contributed by atoms with Crippen LogP contribution in [0.3, 0.4) is 0 Å². The van der Waals surface area contributed by atoms with E-state index in [1.807, 2.05) is 0 Å². The molecule has 2 amide bonds. The van der Waals surface area contributed by atoms with Crippen molar-refractivity contribution in [2.24, 2.45) is 22.7 Å². The quantitative estimate of drug-likeness (QED) is 0.338. The molecule has 0 atom stereocenters. The first kappa shape index (κ1) is 35.5. The molecule has 6 aliphatic rings. The zero-order chi connectivity index (χ0) is 35.0. The molecule has 2 heterocycles. The summed E-state index contributed by atoms with van der Waals surface area (Å²) < 4.78 is 65.2. The molecule has 0 spiro atoms. The first-order valence-corrected chi connectivity index (χ1v) is 20.8. The minimum absolute atomic E-state index is 0.179. The smallest absolute Gasteiger partial charge is 0.251 e. The fourth-order valence-electron chi connectivity index (χ4n) is 9.75. The van der Waals surface area contributed by atoms with E-state index in [0.717, 1.165) is 19.3 Å². The van der Waals surface area contributed by atoms with E-state index in [1.165, 1.54) is 65.0 Å². The first-order chi connectivity index (χ1) is 24.0. The molecule has 2 saturated heterocycles. The van der Waals surface area contributed by atoms with Gasteiger partial charge in [0.1, 0.15) is 0 Å². The molecule has 2 N–H and O–H groups in total. The molecule has 4 aliphatic carbocycles. The zero-order valence-electron chi connectivity index (χ0n) is 28.5. The largest absolute Gasteiger partial charge is 0.379 e. The third-order valence-corrected chi connectivity index (χ3v) is 15.5. The number of ether oxygens (including phenoxy) is 2. The second-order valence-corrected chi connectivity index (χ2v) is 18.9. The summed E-state index contributed by atoms with van der Waals surface area (Å²) in [7, 11) is -7.23. The van der Waals surface area contributed by atoms with Crippen molar-refractivity contribution in [1.82, 2.24) is 19.2 Å². The van der Waals surface area contributed by atoms with Gasteiger partial charge in [0, 0.05) is 50.4 Å². The zero-order valence-corrected chi connectivity index (χ0v) is 30.1. The Bertz CT molecular complexity index is 1630. The van der Waals surface area contributed by atoms with Crippen LogP contribution >= 0.6 is 0 Å². The topological polar surface area (TPSA) is 151 Å². The number of hydrogen-bond donors (Lipinski definition) is 2. The standard InChI is InChI=1S/C36H48N4O8S2/c41-33(29-1-5-31(6-2-29)49(43,44)39-13-17-47-18-14-39)37-11-9-35-22-27-21-28(23-35)25-36(24-27,26-35)10-12-38-34(42)30-3-7-32(8-4-30)50(45,46)40-15-19-48-20-16-40/h1-8,27-28H,9-26H2,(H,37,41)(H,38,42). The number of sulfonamides is 2. The predicted molar refractivity (Wildman–Crippen MR) is 185 cm³/mol. The van der Waals surface area contributed by atoms with Gasteiger partial charge in [0.05, 0.1) is 36.2 Å². The molecule has 2 aromatic rings. The highest BCUT2D eigenvalue weighted by Crippen LogP contribution is 2.67. The molecule has 6 fully saturated rings. The lowest BCUT2D eigenvalue weighted by Crippen LogP contribution is -2.53. The summed E-state index contributed by atoms with van der Waals surface area (Å²) >= 11 is 0. The van der Waals surface area contributed by atoms with Crippen molar-refractivity contribution in [2.45, 2.75) is 61.2 Å². The Kier molecular flexibility index (Phi) is 10.1. The van der Waals surface area contributed by atoms with Crippen LogP contribution in [0.25, 0.3) is 0 Å². The Hall–Kier alpha value is -2.88. The average Bonchev–Trinajstić information content (AvgIpc) is 3.11. The number of carbonyl (C=O) groups is 2. The Labute approximate surface area is 295 Å². The number of carbonyl (C=O) groups excluding carboxylic acids is 2. The van der Waals surface area contributed by atoms with Crippen molar-refractivity contribution >= 4 is 31.9 Å². The van der Waals surface area contributed by atoms with Crippen molar-refractivity contribution in [3.8, 4) is 0 Å². The molecule has 2 aliphatic heterocycles. The maximum Gasteiger partial charge on any atom is 0.251 e. The van der Waals surface area contributed by atoms with Gasteiger partial charge >= 0.3 is 0 Å². The van der Waals surface area contributed by atoms with Gasteiger partial charge in [0.2, 0.25) is 20.0 Å². The van der Waals surface area contributed by atoms with Crippen molar-refractivity contribution in [2.75, 3.05) is 65.7 Å². The van der Waals surface area contributed by atoms with Crippen molar-refractivity contribution in [1.29, 1.82) is 0 Å². The van der Waals surface area contributed by atoms with E-state index >= 15 is 0 Å². The number of hydrogen-bond acceptors (Lipinski definition) is 8. The van der Waals surface area contributed by atoms with E-state index in [4.69, 9.17) is 9.47 Å². The fourth-order valence-corrected chi connectivity index (χ4v) is 12.6. The number of morpholine rings is 2. The molecule has 0 unspecified atom stereocenters. The Balaban J connectivity index is 0.906. The fraction of sp³-hybridized carbons (Fsp3) is 0.611. The molecule has 0 radical (unpaired) electrons. The number of nitrogens with zero attached hydrogens (tertiary/aromatic N) is 2. The minimum Gasteiger partial charge on any atom is -0.379 e. The highest BCUT2D eigenvalue weighted by Gasteiger charge is 2.56. The lowest BCUT2D eigenvalue weighted by atomic mass is 9.43. The van der Waals surface area contributed by atoms with Crippen LogP contribution in [0.4, 0.5) is 0 Å². The molecule has 272 valence electrons. The van der Waals surface area contributed by atoms with Crippen LogP contribution in [0.15, 0.2) is 58.3 Å². The summed E-state index contributed by atoms with van der Waals surface area (Å²) in [6, 6.07) is 12.4. The summed E-state index contributed by atoms with van der Waals surface area (Å²) in [5.74, 6) is 0.942. The van der Waals surface area contributed by atoms with Crippen LogP contribution in [0.1, 0.15) is 72.1 Å². The van der Waals surface area contributed by atoms with Gasteiger partial charge < -0.3 is 20.1 Å². The summed E-state index contributed by atoms with van der Waals surface area (Å²) in [6.07, 6.45) is 8.90. The van der Waals surface area contributed by atoms with Gasteiger partial charge in [-0.05, 0) is 123 Å². The molecule has 8 rings (SSSR count). The molecule has 0 aromatic heterocycles. The second-order valence-electron chi connectivity index (χ2n) is 15.1. The van der Waals surface area contributed by atoms with Gasteiger partial charge in [0.15, 0.2) is 0 Å². The molecule has 2 aromatic carbocycles. The van der Waals surface area contributed by atoms with Crippen LogP contribution in [-0.2, 0) is 29.5 Å². The van der Waals surface area contributed by atoms with Crippen molar-refractivity contribution in [3.63, 3.8) is 0 Å². The molecule has 14 heteroatoms. The van der Waals surface area contributed by atoms with Crippen LogP contribution in [-0.4, -0.2) is 103 Å². The van der Waals surface area contributed by atoms with Gasteiger partial charge in [-0.2, -0.15) is 8.61 Å². The van der Waals surface area contributed by atoms with Gasteiger partial charge in [-0.3, -0.25) is 9.59 Å². The maximum atomic E-state index is 13.1. The molecule has 12 nitrogen and oxygen atoms in total. The minimum atomic E-state index is -3.62. The maximum absolute atomic E-state index is 13.1. The Morgan fingerprint density at radius 2 is 0.980 bits per heavy atom. The monoisotopic (exact) mass is 728 g/mol. The van der Waals surface area contributed by atoms with E-state index in [0.29, 0.717) is 88.7 Å². The number of nitrogens with one attached hydrogen (secondary N) is 2. The summed E-state index contributed by atoms with van der Waals surface area (Å²) in [5.41, 5.74) is 1.24. The van der Waals surface area contributed by atoms with Crippen LogP contribution < -0.4 is 10.6 Å². The molecule has 4 bridgehead atoms. The molecule has 50 heavy (non-hydrogen) atoms. The van der Waals surface area contributed by atoms with Crippen molar-refractivity contribution in [3.05, 3.63) is 59.7 Å². The van der Waals surface area contributed by atoms with Gasteiger partial charge in [0.25, 0.3) is 11.8 Å². The number of rotatable bonds is 12. The van der Waals surface area contributed by atoms with E-state index in [-0.39, 0.29) is 32.4 Å². The molecular formula is C36H48N4O8S2. The van der Waals surface area contributed by atoms with E-state index in [9.17, 15) is 26.4 Å². The van der Waals surface area contributed by atoms with Gasteiger partial charge in [-0.1, -0.05) is 0 Å². The SMILES string of the molecule is O=C(NCCC12CC3CC(C1)CC(CCNC(=O)c1ccc(S(=O)(=O)N4CCOCC4)cc1)(C3)C2)c1ccc(S(=O)(=O)N2CCOCC2)cc1. The predicted octanol–water partition coefficient (Wildman–Crippen LogP) is 3.26. The highest BCUT2D eigenvalue weighted by molar-refractivity contribution is 7.89. The third kappa shape index (κ3) is 7.38. The number of benzene rings is 2. The molecular weight excluding hydrogens is 681 g/mol. The van der Waals surface area contributed by atoms with E-state index in [2.05, 4.69) is 10.6 Å². The summed E-state index contributed by atoms with van der Waals surface area (Å²) in [4.78, 5) is 26.5. The van der Waals surface area contributed by atoms with Crippen LogP contribution in [0, 0.1) is 22.7 Å². The third-order valence-electron chi connectivity index (χ3n) is 11.6. The normalized spacial score (nSPS) is 28.7. The van der Waals surface area contributed by atoms with E-state index < -0.39 is 20.0 Å². The lowest BCUT2D eigenvalue weighted by molar-refractivity contribution is -0.116. The van der Waals surface area contributed by atoms with Crippen LogP contribution in [0.5, 0.6) is 0 Å². The van der Waals surface area contributed by atoms with Crippen LogP contribution in [0.2, 0.25) is 0 Å². The summed E-state index contributed by atoms with van der Waals surface area (Å²) in [6.45, 7) is 3.94. The number of amides is 2. The van der Waals surface area contributed by atoms with Gasteiger partial charge in [-0.25, -0.2) is 16.8 Å². The highest BCUT2D eigenvalue weighted by atomic mass is 32.2. The Morgan fingerprint density at radius 3 is 1.34 bits per heavy atom. The Morgan fingerprint density at radius 1 is 0.620 bits per heavy atom. The summed E-state index contributed by atoms with van der Waals surface area (Å²) in [5, 5.41) is 6.20. The lowest BCUT2D eigenvalue weighted by Gasteiger charge is -2.62. The average molecular weight is 729 g/mol. The van der Waals surface area contributed by atoms with E-state index in [1.54, 1.807) is 24.3 Å². The second kappa shape index (κ2) is 14.3. The first-order valence-electron chi connectivity index (χ1n) is 17.9. The molecule has 4 saturated carbocycles.